The molecule has 186 valence electrons. The molecule has 13 unspecified atom stereocenters. The average Bonchev–Trinajstić information content (AvgIpc) is 3.39. The third kappa shape index (κ3) is 1.98. The summed E-state index contributed by atoms with van der Waals surface area (Å²) in [6, 6.07) is -0.0918. The van der Waals surface area contributed by atoms with E-state index in [2.05, 4.69) is 11.8 Å². The first-order valence-electron chi connectivity index (χ1n) is 12.9. The Kier molecular flexibility index (Phi) is 4.46. The molecule has 2 saturated heterocycles. The smallest absolute Gasteiger partial charge is 0.148 e. The van der Waals surface area contributed by atoms with E-state index in [4.69, 9.17) is 23.7 Å². The molecule has 8 nitrogen and oxygen atoms in total. The fourth-order valence-electron chi connectivity index (χ4n) is 11.4. The lowest BCUT2D eigenvalue weighted by Crippen LogP contribution is -2.81. The van der Waals surface area contributed by atoms with Crippen molar-refractivity contribution in [2.24, 2.45) is 34.5 Å². The fraction of sp³-hybridized carbons (Fsp3) is 1.00. The van der Waals surface area contributed by atoms with Gasteiger partial charge in [-0.3, -0.25) is 4.90 Å². The highest BCUT2D eigenvalue weighted by Gasteiger charge is 2.93. The van der Waals surface area contributed by atoms with E-state index in [0.717, 1.165) is 32.4 Å². The standard InChI is InChI=1S/C25H39NO7/c1-5-26-10-22(11-29-2)7-6-16(27)24-14-8-13-15(30-3)9-23(17(14)18(13)31-4)25(21(24)26,33-12-32-23)20(28)19(22)24/h13-21,27-28H,5-12H2,1-4H3. The molecule has 0 radical (unpaired) electrons. The van der Waals surface area contributed by atoms with Gasteiger partial charge in [0.15, 0.2) is 0 Å². The molecule has 13 atom stereocenters. The van der Waals surface area contributed by atoms with Gasteiger partial charge >= 0.3 is 0 Å². The number of likely N-dealkylation sites (N-methyl/N-ethyl adjacent to an activating group) is 1. The van der Waals surface area contributed by atoms with Gasteiger partial charge in [0, 0.05) is 62.9 Å². The molecule has 3 spiro atoms. The number of aliphatic hydroxyl groups excluding tert-OH is 2. The first-order valence-corrected chi connectivity index (χ1v) is 12.9. The maximum atomic E-state index is 12.5. The van der Waals surface area contributed by atoms with Gasteiger partial charge in [0.05, 0.1) is 37.1 Å². The van der Waals surface area contributed by atoms with Crippen LogP contribution in [0.5, 0.6) is 0 Å². The monoisotopic (exact) mass is 465 g/mol. The van der Waals surface area contributed by atoms with E-state index in [1.54, 1.807) is 21.3 Å². The van der Waals surface area contributed by atoms with Gasteiger partial charge in [0.1, 0.15) is 18.0 Å². The van der Waals surface area contributed by atoms with Crippen molar-refractivity contribution in [1.82, 2.24) is 4.90 Å². The summed E-state index contributed by atoms with van der Waals surface area (Å²) in [5.74, 6) is 0.417. The summed E-state index contributed by atoms with van der Waals surface area (Å²) in [5.41, 5.74) is -2.27. The van der Waals surface area contributed by atoms with E-state index in [-0.39, 0.29) is 54.1 Å². The van der Waals surface area contributed by atoms with Gasteiger partial charge in [-0.1, -0.05) is 6.92 Å². The van der Waals surface area contributed by atoms with E-state index in [1.807, 2.05) is 0 Å². The normalized spacial score (nSPS) is 62.5. The maximum Gasteiger partial charge on any atom is 0.148 e. The molecule has 2 aliphatic heterocycles. The van der Waals surface area contributed by atoms with Crippen LogP contribution in [0.15, 0.2) is 0 Å². The minimum absolute atomic E-state index is 0.0166. The van der Waals surface area contributed by atoms with E-state index in [0.29, 0.717) is 13.0 Å². The molecule has 0 aromatic heterocycles. The van der Waals surface area contributed by atoms with E-state index >= 15 is 0 Å². The fourth-order valence-corrected chi connectivity index (χ4v) is 11.4. The summed E-state index contributed by atoms with van der Waals surface area (Å²) >= 11 is 0. The number of aliphatic hydroxyl groups is 2. The van der Waals surface area contributed by atoms with Crippen LogP contribution >= 0.6 is 0 Å². The molecule has 7 fully saturated rings. The predicted octanol–water partition coefficient (Wildman–Crippen LogP) is 0.637. The first kappa shape index (κ1) is 21.9. The molecule has 7 bridgehead atoms. The number of hydrogen-bond donors (Lipinski definition) is 2. The van der Waals surface area contributed by atoms with Crippen molar-refractivity contribution in [2.45, 2.75) is 74.3 Å². The number of rotatable bonds is 5. The third-order valence-electron chi connectivity index (χ3n) is 11.8. The van der Waals surface area contributed by atoms with Gasteiger partial charge in [0.25, 0.3) is 0 Å². The SMILES string of the molecule is CCN1CC2(COC)CCC(O)C34C5CC6C(OC)CC7(OCOC7(C(O)C23)C14)C5C6OC. The lowest BCUT2D eigenvalue weighted by atomic mass is 9.42. The molecule has 7 rings (SSSR count). The van der Waals surface area contributed by atoms with Gasteiger partial charge in [0.2, 0.25) is 0 Å². The van der Waals surface area contributed by atoms with Crippen LogP contribution in [0.1, 0.15) is 32.6 Å². The van der Waals surface area contributed by atoms with Crippen molar-refractivity contribution >= 4 is 0 Å². The van der Waals surface area contributed by atoms with Crippen LogP contribution in [0.3, 0.4) is 0 Å². The van der Waals surface area contributed by atoms with Crippen molar-refractivity contribution in [3.63, 3.8) is 0 Å². The van der Waals surface area contributed by atoms with Gasteiger partial charge in [-0.05, 0) is 31.7 Å². The summed E-state index contributed by atoms with van der Waals surface area (Å²) in [7, 11) is 5.34. The predicted molar refractivity (Wildman–Crippen MR) is 116 cm³/mol. The maximum absolute atomic E-state index is 12.5. The number of fused-ring (bicyclic) bond motifs is 1. The van der Waals surface area contributed by atoms with Crippen molar-refractivity contribution in [1.29, 1.82) is 0 Å². The van der Waals surface area contributed by atoms with Crippen molar-refractivity contribution in [3.8, 4) is 0 Å². The second kappa shape index (κ2) is 6.71. The van der Waals surface area contributed by atoms with Crippen LogP contribution in [0.25, 0.3) is 0 Å². The molecular formula is C25H39NO7. The zero-order valence-electron chi connectivity index (χ0n) is 20.2. The van der Waals surface area contributed by atoms with Crippen molar-refractivity contribution in [3.05, 3.63) is 0 Å². The van der Waals surface area contributed by atoms with Crippen LogP contribution in [0.2, 0.25) is 0 Å². The Morgan fingerprint density at radius 3 is 2.64 bits per heavy atom. The van der Waals surface area contributed by atoms with E-state index < -0.39 is 28.8 Å². The van der Waals surface area contributed by atoms with Gasteiger partial charge < -0.3 is 33.9 Å². The lowest BCUT2D eigenvalue weighted by Gasteiger charge is -2.69. The number of ether oxygens (including phenoxy) is 5. The van der Waals surface area contributed by atoms with Crippen LogP contribution in [-0.2, 0) is 23.7 Å². The second-order valence-electron chi connectivity index (χ2n) is 12.0. The number of hydrogen-bond acceptors (Lipinski definition) is 8. The summed E-state index contributed by atoms with van der Waals surface area (Å²) < 4.78 is 31.5. The van der Waals surface area contributed by atoms with Crippen LogP contribution in [0.4, 0.5) is 0 Å². The summed E-state index contributed by atoms with van der Waals surface area (Å²) in [6.07, 6.45) is 1.96. The van der Waals surface area contributed by atoms with Crippen LogP contribution in [-0.4, -0.2) is 105 Å². The number of methoxy groups -OCH3 is 3. The average molecular weight is 466 g/mol. The van der Waals surface area contributed by atoms with Crippen molar-refractivity contribution < 1.29 is 33.9 Å². The molecule has 2 N–H and O–H groups in total. The minimum Gasteiger partial charge on any atom is -0.392 e. The second-order valence-corrected chi connectivity index (χ2v) is 12.0. The van der Waals surface area contributed by atoms with E-state index in [1.165, 1.54) is 0 Å². The minimum atomic E-state index is -0.904. The molecule has 0 aromatic carbocycles. The summed E-state index contributed by atoms with van der Waals surface area (Å²) in [5, 5.41) is 24.5. The highest BCUT2D eigenvalue weighted by Crippen LogP contribution is 2.82. The zero-order valence-corrected chi connectivity index (χ0v) is 20.2. The number of nitrogens with zero attached hydrogens (tertiary/aromatic N) is 1. The van der Waals surface area contributed by atoms with Gasteiger partial charge in [-0.25, -0.2) is 0 Å². The molecule has 0 amide bonds. The molecule has 0 aromatic rings. The van der Waals surface area contributed by atoms with Gasteiger partial charge in [-0.2, -0.15) is 0 Å². The highest BCUT2D eigenvalue weighted by molar-refractivity contribution is 5.42. The third-order valence-corrected chi connectivity index (χ3v) is 11.8. The first-order chi connectivity index (χ1) is 15.9. The lowest BCUT2D eigenvalue weighted by molar-refractivity contribution is -0.284. The Labute approximate surface area is 195 Å². The topological polar surface area (TPSA) is 89.9 Å². The molecular weight excluding hydrogens is 426 g/mol. The molecule has 5 aliphatic carbocycles. The van der Waals surface area contributed by atoms with Crippen LogP contribution < -0.4 is 0 Å². The Bertz CT molecular complexity index is 844. The Morgan fingerprint density at radius 2 is 1.94 bits per heavy atom. The van der Waals surface area contributed by atoms with E-state index in [9.17, 15) is 10.2 Å². The number of piperidine rings is 1. The summed E-state index contributed by atoms with van der Waals surface area (Å²) in [6.45, 7) is 4.65. The Hall–Kier alpha value is -0.320. The number of likely N-dealkylation sites (tertiary alicyclic amines) is 1. The zero-order chi connectivity index (χ0) is 23.0. The molecule has 7 aliphatic rings. The highest BCUT2D eigenvalue weighted by atomic mass is 16.7. The van der Waals surface area contributed by atoms with Crippen LogP contribution in [0, 0.1) is 34.5 Å². The van der Waals surface area contributed by atoms with Gasteiger partial charge in [-0.15, -0.1) is 0 Å². The van der Waals surface area contributed by atoms with Crippen molar-refractivity contribution in [2.75, 3.05) is 47.8 Å². The quantitative estimate of drug-likeness (QED) is 0.612. The molecule has 5 saturated carbocycles. The molecule has 33 heavy (non-hydrogen) atoms. The Morgan fingerprint density at radius 1 is 1.12 bits per heavy atom. The molecule has 8 heteroatoms. The summed E-state index contributed by atoms with van der Waals surface area (Å²) in [4.78, 5) is 2.51. The molecule has 2 heterocycles. The largest absolute Gasteiger partial charge is 0.392 e. The Balaban J connectivity index is 1.54.